The number of carboxylic acids is 1. The predicted molar refractivity (Wildman–Crippen MR) is 105 cm³/mol. The second-order valence-electron chi connectivity index (χ2n) is 6.67. The fourth-order valence-corrected chi connectivity index (χ4v) is 3.04. The van der Waals surface area contributed by atoms with Gasteiger partial charge in [-0.05, 0) is 41.8 Å². The molecule has 2 rings (SSSR count). The van der Waals surface area contributed by atoms with Crippen molar-refractivity contribution < 1.29 is 27.9 Å². The molecule has 156 valence electrons. The molecule has 2 N–H and O–H groups in total. The summed E-state index contributed by atoms with van der Waals surface area (Å²) in [6.07, 6.45) is -5.74. The van der Waals surface area contributed by atoms with Crippen LogP contribution in [0.5, 0.6) is 0 Å². The number of halogens is 5. The zero-order valence-corrected chi connectivity index (χ0v) is 16.8. The van der Waals surface area contributed by atoms with Crippen molar-refractivity contribution >= 4 is 40.8 Å². The normalized spacial score (nSPS) is 13.6. The minimum Gasteiger partial charge on any atom is -0.481 e. The molecular weight excluding hydrogens is 430 g/mol. The van der Waals surface area contributed by atoms with Crippen molar-refractivity contribution in [1.82, 2.24) is 0 Å². The Morgan fingerprint density at radius 1 is 1.10 bits per heavy atom. The van der Waals surface area contributed by atoms with Crippen LogP contribution in [0.15, 0.2) is 42.5 Å². The molecule has 0 aliphatic heterocycles. The molecule has 0 spiro atoms. The molecule has 2 atom stereocenters. The van der Waals surface area contributed by atoms with Crippen molar-refractivity contribution in [3.63, 3.8) is 0 Å². The summed E-state index contributed by atoms with van der Waals surface area (Å²) >= 11 is 11.9. The molecule has 0 saturated carbocycles. The monoisotopic (exact) mass is 447 g/mol. The molecule has 0 heterocycles. The highest BCUT2D eigenvalue weighted by atomic mass is 35.5. The van der Waals surface area contributed by atoms with Crippen molar-refractivity contribution in [3.8, 4) is 0 Å². The topological polar surface area (TPSA) is 66.4 Å². The van der Waals surface area contributed by atoms with Crippen molar-refractivity contribution in [2.75, 3.05) is 5.32 Å². The van der Waals surface area contributed by atoms with E-state index in [-0.39, 0.29) is 22.7 Å². The number of carbonyl (C=O) groups is 2. The number of aliphatic carboxylic acids is 1. The van der Waals surface area contributed by atoms with E-state index in [0.29, 0.717) is 10.6 Å². The molecule has 2 aromatic rings. The minimum atomic E-state index is -4.57. The first-order valence-corrected chi connectivity index (χ1v) is 9.36. The van der Waals surface area contributed by atoms with Gasteiger partial charge in [-0.1, -0.05) is 48.3 Å². The van der Waals surface area contributed by atoms with Gasteiger partial charge in [-0.3, -0.25) is 9.59 Å². The largest absolute Gasteiger partial charge is 0.481 e. The van der Waals surface area contributed by atoms with Crippen LogP contribution in [-0.2, 0) is 16.0 Å². The molecular formula is C20H18Cl2F3NO3. The lowest BCUT2D eigenvalue weighted by molar-refractivity contribution is -0.146. The third kappa shape index (κ3) is 6.94. The number of nitrogens with one attached hydrogen (secondary N) is 1. The first-order valence-electron chi connectivity index (χ1n) is 8.60. The molecule has 0 aliphatic carbocycles. The van der Waals surface area contributed by atoms with Gasteiger partial charge in [-0.15, -0.1) is 0 Å². The Kier molecular flexibility index (Phi) is 7.54. The summed E-state index contributed by atoms with van der Waals surface area (Å²) < 4.78 is 39.1. The lowest BCUT2D eigenvalue weighted by atomic mass is 9.94. The number of carboxylic acid groups (broad SMARTS) is 1. The minimum absolute atomic E-state index is 0.118. The second-order valence-corrected chi connectivity index (χ2v) is 7.51. The Morgan fingerprint density at radius 3 is 2.28 bits per heavy atom. The number of rotatable bonds is 7. The molecule has 1 amide bonds. The summed E-state index contributed by atoms with van der Waals surface area (Å²) in [5, 5.41) is 11.9. The van der Waals surface area contributed by atoms with Crippen LogP contribution in [0.1, 0.15) is 30.4 Å². The molecule has 9 heteroatoms. The number of carbonyl (C=O) groups excluding carboxylic acids is 1. The van der Waals surface area contributed by atoms with E-state index in [9.17, 15) is 22.8 Å². The SMILES string of the molecule is C[C@H](Cc1ccc(Cl)c(NC(=O)[C@@H](CC(F)(F)F)c2ccc(Cl)cc2)c1)C(=O)O. The average molecular weight is 448 g/mol. The Bertz CT molecular complexity index is 886. The zero-order chi connectivity index (χ0) is 21.8. The maximum atomic E-state index is 13.0. The number of alkyl halides is 3. The molecule has 0 fully saturated rings. The van der Waals surface area contributed by atoms with Gasteiger partial charge in [-0.25, -0.2) is 0 Å². The zero-order valence-electron chi connectivity index (χ0n) is 15.3. The Labute approximate surface area is 175 Å². The summed E-state index contributed by atoms with van der Waals surface area (Å²) in [6.45, 7) is 1.52. The maximum absolute atomic E-state index is 13.0. The van der Waals surface area contributed by atoms with Crippen LogP contribution in [0.3, 0.4) is 0 Å². The quantitative estimate of drug-likeness (QED) is 0.552. The standard InChI is InChI=1S/C20H18Cl2F3NO3/c1-11(19(28)29)8-12-2-7-16(22)17(9-12)26-18(27)15(10-20(23,24)25)13-3-5-14(21)6-4-13/h2-7,9,11,15H,8,10H2,1H3,(H,26,27)(H,28,29)/t11-,15+/m1/s1. The number of hydrogen-bond donors (Lipinski definition) is 2. The van der Waals surface area contributed by atoms with Gasteiger partial charge >= 0.3 is 12.1 Å². The van der Waals surface area contributed by atoms with E-state index >= 15 is 0 Å². The number of amides is 1. The highest BCUT2D eigenvalue weighted by Gasteiger charge is 2.36. The van der Waals surface area contributed by atoms with Gasteiger partial charge in [0.2, 0.25) is 5.91 Å². The van der Waals surface area contributed by atoms with E-state index in [1.807, 2.05) is 0 Å². The average Bonchev–Trinajstić information content (AvgIpc) is 2.62. The van der Waals surface area contributed by atoms with Gasteiger partial charge in [-0.2, -0.15) is 13.2 Å². The molecule has 4 nitrogen and oxygen atoms in total. The Balaban J connectivity index is 2.28. The molecule has 0 bridgehead atoms. The Morgan fingerprint density at radius 2 is 1.72 bits per heavy atom. The van der Waals surface area contributed by atoms with Crippen LogP contribution in [0.2, 0.25) is 10.0 Å². The smallest absolute Gasteiger partial charge is 0.390 e. The van der Waals surface area contributed by atoms with Crippen LogP contribution in [0, 0.1) is 5.92 Å². The third-order valence-electron chi connectivity index (χ3n) is 4.28. The second kappa shape index (κ2) is 9.50. The van der Waals surface area contributed by atoms with Crippen LogP contribution in [0.25, 0.3) is 0 Å². The van der Waals surface area contributed by atoms with E-state index in [1.54, 1.807) is 6.07 Å². The fraction of sp³-hybridized carbons (Fsp3) is 0.300. The highest BCUT2D eigenvalue weighted by Crippen LogP contribution is 2.34. The van der Waals surface area contributed by atoms with Crippen LogP contribution < -0.4 is 5.32 Å². The predicted octanol–water partition coefficient (Wildman–Crippen LogP) is 5.93. The van der Waals surface area contributed by atoms with E-state index in [4.69, 9.17) is 28.3 Å². The lowest BCUT2D eigenvalue weighted by Gasteiger charge is -2.20. The molecule has 0 saturated heterocycles. The van der Waals surface area contributed by atoms with Gasteiger partial charge in [0, 0.05) is 5.02 Å². The van der Waals surface area contributed by atoms with Crippen molar-refractivity contribution in [1.29, 1.82) is 0 Å². The summed E-state index contributed by atoms with van der Waals surface area (Å²) in [7, 11) is 0. The van der Waals surface area contributed by atoms with Crippen molar-refractivity contribution in [3.05, 3.63) is 63.6 Å². The van der Waals surface area contributed by atoms with Gasteiger partial charge in [0.25, 0.3) is 0 Å². The first kappa shape index (κ1) is 23.0. The van der Waals surface area contributed by atoms with Gasteiger partial charge in [0.15, 0.2) is 0 Å². The molecule has 0 unspecified atom stereocenters. The molecule has 2 aromatic carbocycles. The first-order chi connectivity index (χ1) is 13.5. The van der Waals surface area contributed by atoms with E-state index in [2.05, 4.69) is 5.32 Å². The van der Waals surface area contributed by atoms with Crippen LogP contribution in [-0.4, -0.2) is 23.2 Å². The van der Waals surface area contributed by atoms with E-state index in [1.165, 1.54) is 43.3 Å². The van der Waals surface area contributed by atoms with Gasteiger partial charge in [0.05, 0.1) is 29.0 Å². The van der Waals surface area contributed by atoms with E-state index < -0.39 is 36.3 Å². The number of benzene rings is 2. The highest BCUT2D eigenvalue weighted by molar-refractivity contribution is 6.33. The summed E-state index contributed by atoms with van der Waals surface area (Å²) in [5.74, 6) is -4.04. The van der Waals surface area contributed by atoms with Crippen LogP contribution >= 0.6 is 23.2 Å². The van der Waals surface area contributed by atoms with Crippen molar-refractivity contribution in [2.24, 2.45) is 5.92 Å². The summed E-state index contributed by atoms with van der Waals surface area (Å²) in [4.78, 5) is 23.7. The van der Waals surface area contributed by atoms with Gasteiger partial charge < -0.3 is 10.4 Å². The van der Waals surface area contributed by atoms with Crippen LogP contribution in [0.4, 0.5) is 18.9 Å². The summed E-state index contributed by atoms with van der Waals surface area (Å²) in [6, 6.07) is 10.1. The number of anilines is 1. The van der Waals surface area contributed by atoms with Gasteiger partial charge in [0.1, 0.15) is 0 Å². The molecule has 29 heavy (non-hydrogen) atoms. The van der Waals surface area contributed by atoms with E-state index in [0.717, 1.165) is 0 Å². The fourth-order valence-electron chi connectivity index (χ4n) is 2.74. The third-order valence-corrected chi connectivity index (χ3v) is 4.86. The summed E-state index contributed by atoms with van der Waals surface area (Å²) in [5.41, 5.74) is 0.863. The molecule has 0 radical (unpaired) electrons. The lowest BCUT2D eigenvalue weighted by Crippen LogP contribution is -2.26. The molecule has 0 aliphatic rings. The Hall–Kier alpha value is -2.25. The van der Waals surface area contributed by atoms with Crippen molar-refractivity contribution in [2.45, 2.75) is 31.9 Å². The maximum Gasteiger partial charge on any atom is 0.390 e. The number of hydrogen-bond acceptors (Lipinski definition) is 2. The molecule has 0 aromatic heterocycles.